The Balaban J connectivity index is 1.45. The molecule has 0 saturated carbocycles. The molecule has 0 N–H and O–H groups in total. The quantitative estimate of drug-likeness (QED) is 0.224. The molecule has 37 heavy (non-hydrogen) atoms. The summed E-state index contributed by atoms with van der Waals surface area (Å²) in [4.78, 5) is 4.68. The molecule has 0 fully saturated rings. The lowest BCUT2D eigenvalue weighted by Crippen LogP contribution is -1.97. The summed E-state index contributed by atoms with van der Waals surface area (Å²) >= 11 is 1.83. The average molecular weight is 488 g/mol. The topological polar surface area (TPSA) is 12.9 Å². The zero-order chi connectivity index (χ0) is 24.3. The molecule has 1 aliphatic carbocycles. The third-order valence-electron chi connectivity index (χ3n) is 7.53. The van der Waals surface area contributed by atoms with Crippen LogP contribution in [0.1, 0.15) is 0 Å². The third-order valence-corrected chi connectivity index (χ3v) is 8.72. The van der Waals surface area contributed by atoms with Gasteiger partial charge in [0.05, 0.1) is 10.2 Å². The van der Waals surface area contributed by atoms with Gasteiger partial charge >= 0.3 is 0 Å². The molecule has 1 nitrogen and oxygen atoms in total. The molecule has 2 heteroatoms. The highest BCUT2D eigenvalue weighted by atomic mass is 32.1. The van der Waals surface area contributed by atoms with Crippen LogP contribution in [0, 0.1) is 0 Å². The summed E-state index contributed by atoms with van der Waals surface area (Å²) in [5.74, 6) is 0. The minimum Gasteiger partial charge on any atom is -0.255 e. The van der Waals surface area contributed by atoms with Gasteiger partial charge in [-0.25, -0.2) is 0 Å². The van der Waals surface area contributed by atoms with Crippen LogP contribution in [0.25, 0.3) is 75.9 Å². The van der Waals surface area contributed by atoms with E-state index < -0.39 is 0 Å². The lowest BCUT2D eigenvalue weighted by atomic mass is 9.80. The maximum absolute atomic E-state index is 4.68. The number of thiophene rings is 1. The fourth-order valence-electron chi connectivity index (χ4n) is 5.87. The zero-order valence-corrected chi connectivity index (χ0v) is 20.8. The van der Waals surface area contributed by atoms with Crippen molar-refractivity contribution in [2.24, 2.45) is 0 Å². The van der Waals surface area contributed by atoms with Crippen LogP contribution in [0.3, 0.4) is 0 Å². The fourth-order valence-corrected chi connectivity index (χ4v) is 7.07. The average Bonchev–Trinajstić information content (AvgIpc) is 3.35. The van der Waals surface area contributed by atoms with Crippen LogP contribution >= 0.6 is 11.3 Å². The van der Waals surface area contributed by atoms with Gasteiger partial charge in [0.1, 0.15) is 0 Å². The number of rotatable bonds is 1. The Labute approximate surface area is 219 Å². The number of pyridine rings is 1. The second-order valence-corrected chi connectivity index (χ2v) is 10.6. The molecular weight excluding hydrogens is 466 g/mol. The molecule has 0 unspecified atom stereocenters. The Morgan fingerprint density at radius 2 is 0.973 bits per heavy atom. The Bertz CT molecular complexity index is 1990. The Morgan fingerprint density at radius 1 is 0.432 bits per heavy atom. The molecule has 0 aliphatic heterocycles. The zero-order valence-electron chi connectivity index (χ0n) is 20.0. The van der Waals surface area contributed by atoms with Crippen LogP contribution in [0.2, 0.25) is 0 Å². The maximum atomic E-state index is 4.68. The van der Waals surface area contributed by atoms with Gasteiger partial charge in [0.2, 0.25) is 0 Å². The number of benzene rings is 5. The molecule has 172 valence electrons. The van der Waals surface area contributed by atoms with Crippen molar-refractivity contribution in [1.29, 1.82) is 0 Å². The highest BCUT2D eigenvalue weighted by Crippen LogP contribution is 2.49. The van der Waals surface area contributed by atoms with E-state index in [9.17, 15) is 0 Å². The van der Waals surface area contributed by atoms with Crippen molar-refractivity contribution in [3.63, 3.8) is 0 Å². The van der Waals surface area contributed by atoms with E-state index in [1.54, 1.807) is 0 Å². The molecule has 2 aromatic heterocycles. The van der Waals surface area contributed by atoms with Gasteiger partial charge in [0, 0.05) is 16.3 Å². The number of hydrogen-bond donors (Lipinski definition) is 0. The monoisotopic (exact) mass is 487 g/mol. The summed E-state index contributed by atoms with van der Waals surface area (Å²) in [5.41, 5.74) is 13.8. The first kappa shape index (κ1) is 20.6. The molecule has 8 rings (SSSR count). The van der Waals surface area contributed by atoms with Crippen molar-refractivity contribution in [1.82, 2.24) is 4.98 Å². The third kappa shape index (κ3) is 3.06. The normalized spacial score (nSPS) is 11.8. The first-order valence-corrected chi connectivity index (χ1v) is 13.4. The molecule has 2 heterocycles. The number of fused-ring (bicyclic) bond motifs is 11. The minimum atomic E-state index is 1.09. The summed E-state index contributed by atoms with van der Waals surface area (Å²) in [6, 6.07) is 44.2. The summed E-state index contributed by atoms with van der Waals surface area (Å²) in [6.07, 6.45) is 1.89. The first-order chi connectivity index (χ1) is 18.4. The number of hydrogen-bond acceptors (Lipinski definition) is 2. The summed E-state index contributed by atoms with van der Waals surface area (Å²) in [6.45, 7) is 0. The van der Waals surface area contributed by atoms with E-state index in [4.69, 9.17) is 0 Å². The van der Waals surface area contributed by atoms with Crippen molar-refractivity contribution >= 4 is 31.6 Å². The van der Waals surface area contributed by atoms with Crippen molar-refractivity contribution in [2.45, 2.75) is 0 Å². The van der Waals surface area contributed by atoms with Gasteiger partial charge in [0.25, 0.3) is 0 Å². The summed E-state index contributed by atoms with van der Waals surface area (Å²) < 4.78 is 2.52. The Hall–Kier alpha value is -4.53. The molecule has 7 aromatic rings. The van der Waals surface area contributed by atoms with E-state index in [-0.39, 0.29) is 0 Å². The van der Waals surface area contributed by atoms with E-state index in [0.717, 1.165) is 5.52 Å². The highest BCUT2D eigenvalue weighted by Gasteiger charge is 2.22. The van der Waals surface area contributed by atoms with Crippen LogP contribution in [0.4, 0.5) is 0 Å². The van der Waals surface area contributed by atoms with E-state index in [1.165, 1.54) is 70.4 Å². The Morgan fingerprint density at radius 3 is 1.59 bits per heavy atom. The summed E-state index contributed by atoms with van der Waals surface area (Å²) in [5, 5.41) is 1.23. The second-order valence-electron chi connectivity index (χ2n) is 9.53. The van der Waals surface area contributed by atoms with Gasteiger partial charge in [-0.1, -0.05) is 103 Å². The van der Waals surface area contributed by atoms with E-state index in [2.05, 4.69) is 120 Å². The molecule has 0 amide bonds. The maximum Gasteiger partial charge on any atom is 0.0888 e. The molecule has 5 aromatic carbocycles. The van der Waals surface area contributed by atoms with Crippen LogP contribution in [-0.4, -0.2) is 4.98 Å². The van der Waals surface area contributed by atoms with Crippen LogP contribution in [-0.2, 0) is 0 Å². The van der Waals surface area contributed by atoms with E-state index >= 15 is 0 Å². The molecule has 0 radical (unpaired) electrons. The van der Waals surface area contributed by atoms with Crippen LogP contribution < -0.4 is 0 Å². The predicted molar refractivity (Wildman–Crippen MR) is 158 cm³/mol. The molecular formula is C35H21NS. The highest BCUT2D eigenvalue weighted by molar-refractivity contribution is 7.26. The predicted octanol–water partition coefficient (Wildman–Crippen LogP) is 10.1. The molecule has 0 atom stereocenters. The van der Waals surface area contributed by atoms with E-state index in [0.29, 0.717) is 0 Å². The van der Waals surface area contributed by atoms with Gasteiger partial charge in [-0.05, 0) is 73.8 Å². The van der Waals surface area contributed by atoms with Gasteiger partial charge in [0.15, 0.2) is 0 Å². The van der Waals surface area contributed by atoms with Gasteiger partial charge in [-0.2, -0.15) is 0 Å². The van der Waals surface area contributed by atoms with Crippen LogP contribution in [0.5, 0.6) is 0 Å². The van der Waals surface area contributed by atoms with Gasteiger partial charge in [-0.15, -0.1) is 11.3 Å². The smallest absolute Gasteiger partial charge is 0.0888 e. The minimum absolute atomic E-state index is 1.09. The fraction of sp³-hybridized carbons (Fsp3) is 0. The first-order valence-electron chi connectivity index (χ1n) is 12.6. The SMILES string of the molecule is c1ccc2c(c1)-c1ccccc1-c1ccc(-c3cccc4c3sc3cccnc34)cc1-c1ccccc1-2. The summed E-state index contributed by atoms with van der Waals surface area (Å²) in [7, 11) is 0. The van der Waals surface area contributed by atoms with Crippen molar-refractivity contribution in [2.75, 3.05) is 0 Å². The van der Waals surface area contributed by atoms with Crippen molar-refractivity contribution in [3.05, 3.63) is 128 Å². The molecule has 0 bridgehead atoms. The number of nitrogens with zero attached hydrogens (tertiary/aromatic N) is 1. The lowest BCUT2D eigenvalue weighted by Gasteiger charge is -2.23. The largest absolute Gasteiger partial charge is 0.255 e. The van der Waals surface area contributed by atoms with Crippen molar-refractivity contribution in [3.8, 4) is 55.6 Å². The van der Waals surface area contributed by atoms with Crippen molar-refractivity contribution < 1.29 is 0 Å². The van der Waals surface area contributed by atoms with Crippen LogP contribution in [0.15, 0.2) is 128 Å². The second kappa shape index (κ2) is 7.99. The number of aromatic nitrogens is 1. The standard InChI is InChI=1S/C35H21NS/c1-2-10-25-24(9-1)26-11-3-4-13-28(26)30-19-18-22(21-32(30)29-14-6-5-12-27(25)29)23-15-7-16-31-34-33(37-35(23)31)17-8-20-36-34/h1-21H. The molecule has 0 saturated heterocycles. The van der Waals surface area contributed by atoms with Gasteiger partial charge < -0.3 is 0 Å². The van der Waals surface area contributed by atoms with Gasteiger partial charge in [-0.3, -0.25) is 4.98 Å². The Kier molecular flexibility index (Phi) is 4.46. The molecule has 1 aliphatic rings. The lowest BCUT2D eigenvalue weighted by molar-refractivity contribution is 1.44. The van der Waals surface area contributed by atoms with E-state index in [1.807, 2.05) is 23.6 Å². The molecule has 0 spiro atoms.